The van der Waals surface area contributed by atoms with Gasteiger partial charge in [-0.05, 0) is 37.0 Å². The molecule has 0 radical (unpaired) electrons. The summed E-state index contributed by atoms with van der Waals surface area (Å²) >= 11 is 0. The van der Waals surface area contributed by atoms with Gasteiger partial charge < -0.3 is 14.2 Å². The lowest BCUT2D eigenvalue weighted by molar-refractivity contribution is -0.175. The van der Waals surface area contributed by atoms with Gasteiger partial charge in [0, 0.05) is 18.5 Å². The molecule has 3 fully saturated rings. The maximum atomic E-state index is 13.3. The number of allylic oxidation sites excluding steroid dienone is 1. The van der Waals surface area contributed by atoms with Crippen molar-refractivity contribution >= 4 is 21.2 Å². The summed E-state index contributed by atoms with van der Waals surface area (Å²) in [5.41, 5.74) is 1.44. The van der Waals surface area contributed by atoms with Crippen molar-refractivity contribution in [2.24, 2.45) is 11.8 Å². The SMILES string of the molecule is COc1ccc(C2=COC3C(CCC4OCN(C5CCS(=O)(=O)C5)CC43)C2=O)cc1. The fourth-order valence-electron chi connectivity index (χ4n) is 5.35. The zero-order valence-corrected chi connectivity index (χ0v) is 17.8. The molecule has 2 saturated heterocycles. The minimum absolute atomic E-state index is 0.000945. The number of ether oxygens (including phenoxy) is 3. The van der Waals surface area contributed by atoms with Crippen LogP contribution in [0.5, 0.6) is 5.75 Å². The van der Waals surface area contributed by atoms with Gasteiger partial charge in [0.05, 0.1) is 49.2 Å². The molecule has 0 aromatic heterocycles. The van der Waals surface area contributed by atoms with E-state index in [0.29, 0.717) is 25.3 Å². The van der Waals surface area contributed by atoms with E-state index in [-0.39, 0.29) is 47.4 Å². The summed E-state index contributed by atoms with van der Waals surface area (Å²) < 4.78 is 41.3. The molecule has 3 aliphatic heterocycles. The van der Waals surface area contributed by atoms with Crippen molar-refractivity contribution in [1.82, 2.24) is 4.90 Å². The second kappa shape index (κ2) is 7.66. The van der Waals surface area contributed by atoms with E-state index in [9.17, 15) is 13.2 Å². The molecule has 0 amide bonds. The highest BCUT2D eigenvalue weighted by Gasteiger charge is 2.50. The number of Topliss-reactive ketones (excluding diaryl/α,β-unsaturated/α-hetero) is 1. The average Bonchev–Trinajstić information content (AvgIpc) is 3.13. The van der Waals surface area contributed by atoms with Crippen LogP contribution in [0.4, 0.5) is 0 Å². The number of rotatable bonds is 3. The molecule has 1 aliphatic carbocycles. The van der Waals surface area contributed by atoms with Gasteiger partial charge in [-0.2, -0.15) is 0 Å². The number of carbonyl (C=O) groups excluding carboxylic acids is 1. The Hall–Kier alpha value is -1.90. The predicted octanol–water partition coefficient (Wildman–Crippen LogP) is 1.88. The fraction of sp³-hybridized carbons (Fsp3) is 0.591. The smallest absolute Gasteiger partial charge is 0.173 e. The molecule has 0 spiro atoms. The Morgan fingerprint density at radius 1 is 1.13 bits per heavy atom. The summed E-state index contributed by atoms with van der Waals surface area (Å²) in [5, 5.41) is 0. The maximum absolute atomic E-state index is 13.3. The van der Waals surface area contributed by atoms with Crippen LogP contribution in [0.3, 0.4) is 0 Å². The Kier molecular flexibility index (Phi) is 5.11. The van der Waals surface area contributed by atoms with E-state index in [0.717, 1.165) is 24.2 Å². The normalized spacial score (nSPS) is 35.7. The Labute approximate surface area is 176 Å². The van der Waals surface area contributed by atoms with Crippen molar-refractivity contribution in [3.8, 4) is 5.75 Å². The molecule has 162 valence electrons. The van der Waals surface area contributed by atoms with E-state index < -0.39 is 9.84 Å². The van der Waals surface area contributed by atoms with Gasteiger partial charge in [0.25, 0.3) is 0 Å². The summed E-state index contributed by atoms with van der Waals surface area (Å²) in [6.07, 6.45) is 3.66. The summed E-state index contributed by atoms with van der Waals surface area (Å²) in [6.45, 7) is 1.17. The lowest BCUT2D eigenvalue weighted by Crippen LogP contribution is -2.58. The highest BCUT2D eigenvalue weighted by molar-refractivity contribution is 7.91. The molecule has 0 N–H and O–H groups in total. The van der Waals surface area contributed by atoms with Crippen LogP contribution in [-0.4, -0.2) is 69.2 Å². The number of nitrogens with zero attached hydrogens (tertiary/aromatic N) is 1. The molecule has 1 aromatic carbocycles. The number of benzene rings is 1. The molecule has 5 rings (SSSR count). The van der Waals surface area contributed by atoms with E-state index in [1.54, 1.807) is 13.4 Å². The van der Waals surface area contributed by atoms with Gasteiger partial charge in [0.15, 0.2) is 15.6 Å². The minimum Gasteiger partial charge on any atom is -0.497 e. The largest absolute Gasteiger partial charge is 0.497 e. The van der Waals surface area contributed by atoms with Crippen molar-refractivity contribution in [3.05, 3.63) is 36.1 Å². The molecule has 3 heterocycles. The number of carbonyl (C=O) groups is 1. The molecule has 7 nitrogen and oxygen atoms in total. The maximum Gasteiger partial charge on any atom is 0.173 e. The van der Waals surface area contributed by atoms with Gasteiger partial charge in [0.1, 0.15) is 11.9 Å². The fourth-order valence-corrected chi connectivity index (χ4v) is 7.12. The van der Waals surface area contributed by atoms with Crippen molar-refractivity contribution in [2.75, 3.05) is 31.9 Å². The Morgan fingerprint density at radius 2 is 1.93 bits per heavy atom. The van der Waals surface area contributed by atoms with E-state index in [1.165, 1.54) is 0 Å². The highest BCUT2D eigenvalue weighted by atomic mass is 32.2. The summed E-state index contributed by atoms with van der Waals surface area (Å²) in [4.78, 5) is 15.4. The summed E-state index contributed by atoms with van der Waals surface area (Å²) in [7, 11) is -1.34. The number of methoxy groups -OCH3 is 1. The second-order valence-corrected chi connectivity index (χ2v) is 11.0. The van der Waals surface area contributed by atoms with Crippen molar-refractivity contribution < 1.29 is 27.4 Å². The van der Waals surface area contributed by atoms with Gasteiger partial charge in [-0.15, -0.1) is 0 Å². The van der Waals surface area contributed by atoms with Crippen molar-refractivity contribution in [1.29, 1.82) is 0 Å². The van der Waals surface area contributed by atoms with Gasteiger partial charge in [-0.25, -0.2) is 8.42 Å². The van der Waals surface area contributed by atoms with E-state index >= 15 is 0 Å². The standard InChI is InChI=1S/C22H27NO6S/c1-27-16-4-2-14(3-5-16)19-11-28-22-17(21(19)24)6-7-20-18(22)10-23(13-29-20)15-8-9-30(25,26)12-15/h2-5,11,15,17-18,20,22H,6-10,12-13H2,1H3. The first kappa shape index (κ1) is 20.0. The van der Waals surface area contributed by atoms with Crippen LogP contribution in [0.15, 0.2) is 30.5 Å². The van der Waals surface area contributed by atoms with Gasteiger partial charge in [-0.3, -0.25) is 9.69 Å². The third kappa shape index (κ3) is 3.55. The van der Waals surface area contributed by atoms with Crippen LogP contribution < -0.4 is 4.74 Å². The lowest BCUT2D eigenvalue weighted by Gasteiger charge is -2.49. The molecule has 5 atom stereocenters. The lowest BCUT2D eigenvalue weighted by atomic mass is 9.71. The molecule has 4 aliphatic rings. The van der Waals surface area contributed by atoms with Gasteiger partial charge in [0.2, 0.25) is 0 Å². The van der Waals surface area contributed by atoms with Crippen LogP contribution in [-0.2, 0) is 24.1 Å². The van der Waals surface area contributed by atoms with Crippen LogP contribution in [0.25, 0.3) is 5.57 Å². The molecule has 5 unspecified atom stereocenters. The highest BCUT2D eigenvalue weighted by Crippen LogP contribution is 2.42. The van der Waals surface area contributed by atoms with E-state index in [1.807, 2.05) is 24.3 Å². The monoisotopic (exact) mass is 433 g/mol. The first-order valence-electron chi connectivity index (χ1n) is 10.6. The van der Waals surface area contributed by atoms with E-state index in [2.05, 4.69) is 4.90 Å². The first-order valence-corrected chi connectivity index (χ1v) is 12.4. The molecule has 30 heavy (non-hydrogen) atoms. The van der Waals surface area contributed by atoms with Crippen LogP contribution >= 0.6 is 0 Å². The van der Waals surface area contributed by atoms with Crippen LogP contribution in [0.2, 0.25) is 0 Å². The Bertz CT molecular complexity index is 956. The Balaban J connectivity index is 1.34. The summed E-state index contributed by atoms with van der Waals surface area (Å²) in [6, 6.07) is 7.44. The number of ketones is 1. The number of fused-ring (bicyclic) bond motifs is 3. The molecule has 8 heteroatoms. The Morgan fingerprint density at radius 3 is 2.63 bits per heavy atom. The molecular weight excluding hydrogens is 406 g/mol. The topological polar surface area (TPSA) is 82.1 Å². The van der Waals surface area contributed by atoms with Gasteiger partial charge >= 0.3 is 0 Å². The number of sulfone groups is 1. The number of hydrogen-bond donors (Lipinski definition) is 0. The van der Waals surface area contributed by atoms with E-state index in [4.69, 9.17) is 14.2 Å². The third-order valence-electron chi connectivity index (χ3n) is 7.03. The molecular formula is C22H27NO6S. The predicted molar refractivity (Wildman–Crippen MR) is 111 cm³/mol. The molecule has 1 aromatic rings. The summed E-state index contributed by atoms with van der Waals surface area (Å²) in [5.74, 6) is 1.19. The van der Waals surface area contributed by atoms with Crippen molar-refractivity contribution in [2.45, 2.75) is 37.5 Å². The van der Waals surface area contributed by atoms with Crippen molar-refractivity contribution in [3.63, 3.8) is 0 Å². The zero-order chi connectivity index (χ0) is 20.9. The van der Waals surface area contributed by atoms with Crippen LogP contribution in [0.1, 0.15) is 24.8 Å². The van der Waals surface area contributed by atoms with Gasteiger partial charge in [-0.1, -0.05) is 12.1 Å². The number of hydrogen-bond acceptors (Lipinski definition) is 7. The third-order valence-corrected chi connectivity index (χ3v) is 8.78. The molecule has 1 saturated carbocycles. The quantitative estimate of drug-likeness (QED) is 0.720. The minimum atomic E-state index is -2.95. The molecule has 0 bridgehead atoms. The first-order chi connectivity index (χ1) is 14.4. The average molecular weight is 434 g/mol. The van der Waals surface area contributed by atoms with Crippen LogP contribution in [0, 0.1) is 11.8 Å². The zero-order valence-electron chi connectivity index (χ0n) is 17.0. The second-order valence-electron chi connectivity index (χ2n) is 8.74.